The van der Waals surface area contributed by atoms with Gasteiger partial charge in [-0.2, -0.15) is 0 Å². The van der Waals surface area contributed by atoms with Gasteiger partial charge in [0.25, 0.3) is 0 Å². The van der Waals surface area contributed by atoms with E-state index >= 15 is 0 Å². The number of hydrogen-bond acceptors (Lipinski definition) is 3. The Morgan fingerprint density at radius 1 is 1.04 bits per heavy atom. The second kappa shape index (κ2) is 7.49. The molecule has 4 nitrogen and oxygen atoms in total. The Hall–Kier alpha value is -2.04. The van der Waals surface area contributed by atoms with E-state index in [9.17, 15) is 0 Å². The van der Waals surface area contributed by atoms with Crippen LogP contribution < -0.4 is 4.74 Å². The van der Waals surface area contributed by atoms with Gasteiger partial charge in [-0.3, -0.25) is 0 Å². The molecule has 1 heterocycles. The van der Waals surface area contributed by atoms with Gasteiger partial charge in [-0.25, -0.2) is 4.98 Å². The highest BCUT2D eigenvalue weighted by Crippen LogP contribution is 2.26. The van der Waals surface area contributed by atoms with E-state index < -0.39 is 0 Å². The Morgan fingerprint density at radius 3 is 2.39 bits per heavy atom. The molecule has 23 heavy (non-hydrogen) atoms. The van der Waals surface area contributed by atoms with Gasteiger partial charge in [0, 0.05) is 18.7 Å². The number of rotatable bonds is 5. The molecule has 0 radical (unpaired) electrons. The normalized spacial score (nSPS) is 10.8. The Kier molecular flexibility index (Phi) is 5.64. The van der Waals surface area contributed by atoms with Gasteiger partial charge in [0.1, 0.15) is 11.6 Å². The average molecular weight is 332 g/mol. The SMILES string of the molecule is COc1ccc(-c2nc3ccccc3n2CCN(C)C)cc1.Cl. The molecule has 0 fully saturated rings. The van der Waals surface area contributed by atoms with E-state index in [1.165, 1.54) is 5.52 Å². The fraction of sp³-hybridized carbons (Fsp3) is 0.278. The quantitative estimate of drug-likeness (QED) is 0.714. The molecule has 0 bridgehead atoms. The minimum Gasteiger partial charge on any atom is -0.497 e. The van der Waals surface area contributed by atoms with E-state index in [0.29, 0.717) is 0 Å². The lowest BCUT2D eigenvalue weighted by atomic mass is 10.2. The van der Waals surface area contributed by atoms with Crippen LogP contribution in [-0.2, 0) is 6.54 Å². The Bertz CT molecular complexity index is 766. The number of hydrogen-bond donors (Lipinski definition) is 0. The van der Waals surface area contributed by atoms with Crippen LogP contribution >= 0.6 is 12.4 Å². The molecule has 0 aliphatic heterocycles. The minimum atomic E-state index is 0. The monoisotopic (exact) mass is 331 g/mol. The van der Waals surface area contributed by atoms with E-state index in [2.05, 4.69) is 53.9 Å². The molecule has 5 heteroatoms. The molecule has 0 atom stereocenters. The van der Waals surface area contributed by atoms with Crippen molar-refractivity contribution in [2.45, 2.75) is 6.54 Å². The molecule has 0 unspecified atom stereocenters. The molecular formula is C18H22ClN3O. The van der Waals surface area contributed by atoms with Gasteiger partial charge in [0.2, 0.25) is 0 Å². The number of methoxy groups -OCH3 is 1. The van der Waals surface area contributed by atoms with Crippen molar-refractivity contribution >= 4 is 23.4 Å². The number of imidazole rings is 1. The second-order valence-electron chi connectivity index (χ2n) is 5.61. The number of fused-ring (bicyclic) bond motifs is 1. The Labute approximate surface area is 143 Å². The Morgan fingerprint density at radius 2 is 1.74 bits per heavy atom. The zero-order valence-electron chi connectivity index (χ0n) is 13.7. The maximum atomic E-state index is 5.24. The lowest BCUT2D eigenvalue weighted by Crippen LogP contribution is -2.18. The fourth-order valence-corrected chi connectivity index (χ4v) is 2.56. The topological polar surface area (TPSA) is 30.3 Å². The number of para-hydroxylation sites is 2. The van der Waals surface area contributed by atoms with Crippen LogP contribution in [0.1, 0.15) is 0 Å². The summed E-state index contributed by atoms with van der Waals surface area (Å²) in [5.41, 5.74) is 3.32. The van der Waals surface area contributed by atoms with Crippen LogP contribution in [0.3, 0.4) is 0 Å². The standard InChI is InChI=1S/C18H21N3O.ClH/c1-20(2)12-13-21-17-7-5-4-6-16(17)19-18(21)14-8-10-15(22-3)11-9-14;/h4-11H,12-13H2,1-3H3;1H. The summed E-state index contributed by atoms with van der Waals surface area (Å²) in [6.45, 7) is 1.89. The molecule has 3 aromatic rings. The number of ether oxygens (including phenoxy) is 1. The summed E-state index contributed by atoms with van der Waals surface area (Å²) < 4.78 is 7.53. The van der Waals surface area contributed by atoms with Gasteiger partial charge in [-0.15, -0.1) is 12.4 Å². The van der Waals surface area contributed by atoms with Gasteiger partial charge in [0.05, 0.1) is 18.1 Å². The molecule has 0 amide bonds. The molecule has 0 spiro atoms. The molecule has 0 saturated carbocycles. The van der Waals surface area contributed by atoms with E-state index in [0.717, 1.165) is 35.7 Å². The molecule has 3 rings (SSSR count). The summed E-state index contributed by atoms with van der Waals surface area (Å²) in [5, 5.41) is 0. The van der Waals surface area contributed by atoms with Crippen LogP contribution in [0.25, 0.3) is 22.4 Å². The highest BCUT2D eigenvalue weighted by molar-refractivity contribution is 5.85. The summed E-state index contributed by atoms with van der Waals surface area (Å²) >= 11 is 0. The summed E-state index contributed by atoms with van der Waals surface area (Å²) in [7, 11) is 5.86. The van der Waals surface area contributed by atoms with Crippen LogP contribution in [0.5, 0.6) is 5.75 Å². The molecule has 0 aliphatic rings. The lowest BCUT2D eigenvalue weighted by Gasteiger charge is -2.13. The number of nitrogens with zero attached hydrogens (tertiary/aromatic N) is 3. The highest BCUT2D eigenvalue weighted by Gasteiger charge is 2.12. The molecule has 1 aromatic heterocycles. The fourth-order valence-electron chi connectivity index (χ4n) is 2.56. The number of aromatic nitrogens is 2. The maximum absolute atomic E-state index is 5.24. The van der Waals surface area contributed by atoms with E-state index in [1.54, 1.807) is 7.11 Å². The van der Waals surface area contributed by atoms with Crippen molar-refractivity contribution in [2.75, 3.05) is 27.7 Å². The van der Waals surface area contributed by atoms with Crippen molar-refractivity contribution in [3.8, 4) is 17.1 Å². The van der Waals surface area contributed by atoms with Crippen molar-refractivity contribution in [2.24, 2.45) is 0 Å². The van der Waals surface area contributed by atoms with Gasteiger partial charge in [-0.05, 0) is 50.5 Å². The van der Waals surface area contributed by atoms with Crippen LogP contribution in [0.2, 0.25) is 0 Å². The maximum Gasteiger partial charge on any atom is 0.141 e. The first-order valence-electron chi connectivity index (χ1n) is 7.43. The smallest absolute Gasteiger partial charge is 0.141 e. The summed E-state index contributed by atoms with van der Waals surface area (Å²) in [4.78, 5) is 7.01. The largest absolute Gasteiger partial charge is 0.497 e. The highest BCUT2D eigenvalue weighted by atomic mass is 35.5. The third-order valence-corrected chi connectivity index (χ3v) is 3.77. The first-order valence-corrected chi connectivity index (χ1v) is 7.43. The van der Waals surface area contributed by atoms with Crippen molar-refractivity contribution in [3.63, 3.8) is 0 Å². The van der Waals surface area contributed by atoms with Gasteiger partial charge >= 0.3 is 0 Å². The zero-order valence-corrected chi connectivity index (χ0v) is 14.5. The molecular weight excluding hydrogens is 310 g/mol. The summed E-state index contributed by atoms with van der Waals surface area (Å²) in [5.74, 6) is 1.87. The molecule has 0 aliphatic carbocycles. The van der Waals surface area contributed by atoms with Crippen LogP contribution in [0.15, 0.2) is 48.5 Å². The van der Waals surface area contributed by atoms with Crippen molar-refractivity contribution in [3.05, 3.63) is 48.5 Å². The van der Waals surface area contributed by atoms with Gasteiger partial charge in [0.15, 0.2) is 0 Å². The lowest BCUT2D eigenvalue weighted by molar-refractivity contribution is 0.387. The van der Waals surface area contributed by atoms with E-state index in [-0.39, 0.29) is 12.4 Å². The average Bonchev–Trinajstić information content (AvgIpc) is 2.91. The van der Waals surface area contributed by atoms with Crippen molar-refractivity contribution in [1.29, 1.82) is 0 Å². The summed E-state index contributed by atoms with van der Waals surface area (Å²) in [6.07, 6.45) is 0. The number of benzene rings is 2. The predicted molar refractivity (Wildman–Crippen MR) is 97.5 cm³/mol. The van der Waals surface area contributed by atoms with Gasteiger partial charge < -0.3 is 14.2 Å². The predicted octanol–water partition coefficient (Wildman–Crippen LogP) is 3.70. The van der Waals surface area contributed by atoms with Crippen LogP contribution in [0.4, 0.5) is 0 Å². The third-order valence-electron chi connectivity index (χ3n) is 3.77. The van der Waals surface area contributed by atoms with Crippen molar-refractivity contribution < 1.29 is 4.74 Å². The number of likely N-dealkylation sites (N-methyl/N-ethyl adjacent to an activating group) is 1. The van der Waals surface area contributed by atoms with Crippen molar-refractivity contribution in [1.82, 2.24) is 14.5 Å². The molecule has 122 valence electrons. The molecule has 0 N–H and O–H groups in total. The van der Waals surface area contributed by atoms with Gasteiger partial charge in [-0.1, -0.05) is 12.1 Å². The number of halogens is 1. The Balaban J connectivity index is 0.00000192. The second-order valence-corrected chi connectivity index (χ2v) is 5.61. The van der Waals surface area contributed by atoms with E-state index in [1.807, 2.05) is 18.2 Å². The van der Waals surface area contributed by atoms with Crippen LogP contribution in [-0.4, -0.2) is 42.2 Å². The third kappa shape index (κ3) is 3.66. The minimum absolute atomic E-state index is 0. The van der Waals surface area contributed by atoms with E-state index in [4.69, 9.17) is 9.72 Å². The zero-order chi connectivity index (χ0) is 15.5. The first-order chi connectivity index (χ1) is 10.7. The molecule has 2 aromatic carbocycles. The van der Waals surface area contributed by atoms with Crippen LogP contribution in [0, 0.1) is 0 Å². The first kappa shape index (κ1) is 17.3. The molecule has 0 saturated heterocycles. The summed E-state index contributed by atoms with van der Waals surface area (Å²) in [6, 6.07) is 16.4.